The molecule has 1 saturated carbocycles. The molecule has 0 spiro atoms. The van der Waals surface area contributed by atoms with Gasteiger partial charge in [0.05, 0.1) is 18.0 Å². The minimum absolute atomic E-state index is 0.0553. The van der Waals surface area contributed by atoms with Crippen LogP contribution in [0.2, 0.25) is 5.15 Å². The smallest absolute Gasteiger partial charge is 0.138 e. The highest BCUT2D eigenvalue weighted by Crippen LogP contribution is 2.38. The van der Waals surface area contributed by atoms with Gasteiger partial charge < -0.3 is 5.11 Å². The van der Waals surface area contributed by atoms with Crippen molar-refractivity contribution >= 4 is 27.5 Å². The van der Waals surface area contributed by atoms with E-state index in [0.29, 0.717) is 11.1 Å². The van der Waals surface area contributed by atoms with Crippen molar-refractivity contribution in [2.24, 2.45) is 0 Å². The molecular formula is C16H18BrClN2O. The van der Waals surface area contributed by atoms with Gasteiger partial charge in [0.15, 0.2) is 0 Å². The summed E-state index contributed by atoms with van der Waals surface area (Å²) in [4.78, 5) is 0. The van der Waals surface area contributed by atoms with E-state index in [1.54, 1.807) is 4.68 Å². The lowest BCUT2D eigenvalue weighted by Crippen LogP contribution is -2.01. The van der Waals surface area contributed by atoms with E-state index in [1.165, 1.54) is 12.8 Å². The molecule has 3 nitrogen and oxygen atoms in total. The summed E-state index contributed by atoms with van der Waals surface area (Å²) in [7, 11) is 0. The van der Waals surface area contributed by atoms with Crippen molar-refractivity contribution in [1.82, 2.24) is 9.78 Å². The first-order valence-electron chi connectivity index (χ1n) is 7.26. The molecule has 1 heterocycles. The zero-order chi connectivity index (χ0) is 15.0. The molecule has 21 heavy (non-hydrogen) atoms. The molecule has 0 saturated heterocycles. The molecule has 5 heteroatoms. The normalized spacial score (nSPS) is 15.8. The van der Waals surface area contributed by atoms with Crippen molar-refractivity contribution in [2.45, 2.75) is 45.1 Å². The van der Waals surface area contributed by atoms with E-state index in [1.807, 2.05) is 25.1 Å². The molecule has 0 aliphatic heterocycles. The highest BCUT2D eigenvalue weighted by molar-refractivity contribution is 9.10. The maximum absolute atomic E-state index is 9.69. The molecule has 112 valence electrons. The third-order valence-electron chi connectivity index (χ3n) is 4.24. The number of hydrogen-bond donors (Lipinski definition) is 1. The molecule has 0 radical (unpaired) electrons. The van der Waals surface area contributed by atoms with Crippen LogP contribution >= 0.6 is 27.5 Å². The molecule has 0 bridgehead atoms. The first-order valence-corrected chi connectivity index (χ1v) is 8.43. The van der Waals surface area contributed by atoms with E-state index in [-0.39, 0.29) is 6.61 Å². The quantitative estimate of drug-likeness (QED) is 0.848. The molecule has 2 aromatic rings. The van der Waals surface area contributed by atoms with Crippen LogP contribution in [0.15, 0.2) is 22.7 Å². The van der Waals surface area contributed by atoms with Crippen LogP contribution in [-0.2, 0) is 6.61 Å². The predicted molar refractivity (Wildman–Crippen MR) is 88.1 cm³/mol. The number of hydrogen-bond acceptors (Lipinski definition) is 2. The number of aliphatic hydroxyl groups excluding tert-OH is 1. The van der Waals surface area contributed by atoms with Gasteiger partial charge in [0, 0.05) is 16.0 Å². The average Bonchev–Trinajstić information content (AvgIpc) is 3.07. The van der Waals surface area contributed by atoms with Crippen LogP contribution in [-0.4, -0.2) is 14.9 Å². The second-order valence-corrected chi connectivity index (χ2v) is 6.91. The Morgan fingerprint density at radius 3 is 2.71 bits per heavy atom. The number of aliphatic hydroxyl groups is 1. The second kappa shape index (κ2) is 6.11. The Morgan fingerprint density at radius 1 is 1.38 bits per heavy atom. The van der Waals surface area contributed by atoms with Gasteiger partial charge in [-0.2, -0.15) is 5.10 Å². The van der Waals surface area contributed by atoms with E-state index in [2.05, 4.69) is 15.9 Å². The van der Waals surface area contributed by atoms with Crippen molar-refractivity contribution in [3.05, 3.63) is 44.6 Å². The van der Waals surface area contributed by atoms with E-state index in [9.17, 15) is 5.11 Å². The lowest BCUT2D eigenvalue weighted by molar-refractivity contribution is 0.280. The van der Waals surface area contributed by atoms with E-state index in [4.69, 9.17) is 16.7 Å². The van der Waals surface area contributed by atoms with Gasteiger partial charge in [0.25, 0.3) is 0 Å². The van der Waals surface area contributed by atoms with E-state index >= 15 is 0 Å². The highest BCUT2D eigenvalue weighted by atomic mass is 79.9. The van der Waals surface area contributed by atoms with Crippen LogP contribution < -0.4 is 0 Å². The molecule has 1 aliphatic carbocycles. The fourth-order valence-corrected chi connectivity index (χ4v) is 3.90. The summed E-state index contributed by atoms with van der Waals surface area (Å²) in [6.45, 7) is 1.98. The van der Waals surface area contributed by atoms with Crippen LogP contribution in [0.25, 0.3) is 5.69 Å². The van der Waals surface area contributed by atoms with Gasteiger partial charge in [-0.25, -0.2) is 4.68 Å². The number of aryl methyl sites for hydroxylation is 1. The number of nitrogens with zero attached hydrogens (tertiary/aromatic N) is 2. The third-order valence-corrected chi connectivity index (χ3v) is 5.12. The first-order chi connectivity index (χ1) is 10.1. The van der Waals surface area contributed by atoms with Crippen molar-refractivity contribution in [2.75, 3.05) is 0 Å². The standard InChI is InChI=1S/C16H18BrClN2O/c1-10-8-12(17)6-7-14(10)20-16(18)13(9-21)15(19-20)11-4-2-3-5-11/h6-8,11,21H,2-5,9H2,1H3. The Hall–Kier alpha value is -0.840. The summed E-state index contributed by atoms with van der Waals surface area (Å²) < 4.78 is 2.80. The largest absolute Gasteiger partial charge is 0.391 e. The van der Waals surface area contributed by atoms with Crippen LogP contribution in [0.4, 0.5) is 0 Å². The minimum atomic E-state index is -0.0553. The zero-order valence-corrected chi connectivity index (χ0v) is 14.3. The van der Waals surface area contributed by atoms with E-state index in [0.717, 1.165) is 39.8 Å². The topological polar surface area (TPSA) is 38.0 Å². The van der Waals surface area contributed by atoms with E-state index < -0.39 is 0 Å². The molecule has 0 atom stereocenters. The summed E-state index contributed by atoms with van der Waals surface area (Å²) >= 11 is 9.96. The van der Waals surface area contributed by atoms with Gasteiger partial charge in [-0.1, -0.05) is 40.4 Å². The van der Waals surface area contributed by atoms with Gasteiger partial charge in [0.1, 0.15) is 5.15 Å². The average molecular weight is 370 g/mol. The van der Waals surface area contributed by atoms with Crippen molar-refractivity contribution in [3.8, 4) is 5.69 Å². The summed E-state index contributed by atoms with van der Waals surface area (Å²) in [5.41, 5.74) is 3.81. The van der Waals surface area contributed by atoms with Gasteiger partial charge in [-0.3, -0.25) is 0 Å². The molecule has 3 rings (SSSR count). The Balaban J connectivity index is 2.10. The summed E-state index contributed by atoms with van der Waals surface area (Å²) in [6.07, 6.45) is 4.74. The van der Waals surface area contributed by atoms with Gasteiger partial charge in [0.2, 0.25) is 0 Å². The Morgan fingerprint density at radius 2 is 2.10 bits per heavy atom. The molecule has 1 aromatic carbocycles. The van der Waals surface area contributed by atoms with Crippen LogP contribution in [0.5, 0.6) is 0 Å². The number of aromatic nitrogens is 2. The Bertz CT molecular complexity index is 663. The molecule has 1 aromatic heterocycles. The monoisotopic (exact) mass is 368 g/mol. The van der Waals surface area contributed by atoms with Crippen LogP contribution in [0, 0.1) is 6.92 Å². The fraction of sp³-hybridized carbons (Fsp3) is 0.438. The Kier molecular flexibility index (Phi) is 4.38. The molecule has 0 amide bonds. The molecule has 1 N–H and O–H groups in total. The fourth-order valence-electron chi connectivity index (χ4n) is 3.14. The van der Waals surface area contributed by atoms with Crippen molar-refractivity contribution in [1.29, 1.82) is 0 Å². The summed E-state index contributed by atoms with van der Waals surface area (Å²) in [5.74, 6) is 0.432. The number of benzene rings is 1. The van der Waals surface area contributed by atoms with Crippen molar-refractivity contribution in [3.63, 3.8) is 0 Å². The maximum atomic E-state index is 9.69. The number of halogens is 2. The Labute approximate surface area is 138 Å². The second-order valence-electron chi connectivity index (χ2n) is 5.64. The molecule has 1 aliphatic rings. The lowest BCUT2D eigenvalue weighted by Gasteiger charge is -2.08. The van der Waals surface area contributed by atoms with Gasteiger partial charge in [-0.15, -0.1) is 0 Å². The van der Waals surface area contributed by atoms with Crippen LogP contribution in [0.3, 0.4) is 0 Å². The third kappa shape index (κ3) is 2.77. The summed E-state index contributed by atoms with van der Waals surface area (Å²) in [6, 6.07) is 6.02. The molecular weight excluding hydrogens is 352 g/mol. The zero-order valence-electron chi connectivity index (χ0n) is 11.9. The minimum Gasteiger partial charge on any atom is -0.391 e. The van der Waals surface area contributed by atoms with Crippen molar-refractivity contribution < 1.29 is 5.11 Å². The SMILES string of the molecule is Cc1cc(Br)ccc1-n1nc(C2CCCC2)c(CO)c1Cl. The van der Waals surface area contributed by atoms with Gasteiger partial charge in [-0.05, 0) is 43.5 Å². The lowest BCUT2D eigenvalue weighted by atomic mass is 10.0. The first kappa shape index (κ1) is 15.1. The number of rotatable bonds is 3. The highest BCUT2D eigenvalue weighted by Gasteiger charge is 2.26. The molecule has 1 fully saturated rings. The summed E-state index contributed by atoms with van der Waals surface area (Å²) in [5, 5.41) is 15.0. The predicted octanol–water partition coefficient (Wildman–Crippen LogP) is 4.75. The maximum Gasteiger partial charge on any atom is 0.138 e. The van der Waals surface area contributed by atoms with Gasteiger partial charge >= 0.3 is 0 Å². The van der Waals surface area contributed by atoms with Crippen LogP contribution in [0.1, 0.15) is 48.4 Å². The molecule has 0 unspecified atom stereocenters.